The van der Waals surface area contributed by atoms with Gasteiger partial charge in [-0.2, -0.15) is 0 Å². The van der Waals surface area contributed by atoms with Gasteiger partial charge in [-0.25, -0.2) is 8.87 Å². The Morgan fingerprint density at radius 3 is 1.50 bits per heavy atom. The number of carboxylic acids is 1. The molecule has 3 rings (SSSR count). The van der Waals surface area contributed by atoms with E-state index in [1.165, 1.54) is 25.4 Å². The summed E-state index contributed by atoms with van der Waals surface area (Å²) < 4.78 is 42.8. The molecule has 11 heteroatoms. The minimum atomic E-state index is -3.98. The van der Waals surface area contributed by atoms with E-state index in [0.29, 0.717) is 17.2 Å². The number of benzene rings is 3. The lowest BCUT2D eigenvalue weighted by atomic mass is 10.3. The molecule has 0 aliphatic rings. The van der Waals surface area contributed by atoms with Gasteiger partial charge in [-0.05, 0) is 91.7 Å². The van der Waals surface area contributed by atoms with Crippen LogP contribution in [0.15, 0.2) is 77.7 Å². The second-order valence-electron chi connectivity index (χ2n) is 7.48. The highest BCUT2D eigenvalue weighted by molar-refractivity contribution is 7.97. The van der Waals surface area contributed by atoms with E-state index in [-0.39, 0.29) is 17.8 Å². The third-order valence-electron chi connectivity index (χ3n) is 4.99. The fourth-order valence-corrected chi connectivity index (χ4v) is 6.02. The van der Waals surface area contributed by atoms with Gasteiger partial charge in [-0.1, -0.05) is 0 Å². The van der Waals surface area contributed by atoms with Crippen molar-refractivity contribution < 1.29 is 37.7 Å². The third kappa shape index (κ3) is 7.58. The predicted molar refractivity (Wildman–Crippen MR) is 138 cm³/mol. The molecule has 0 aliphatic heterocycles. The molecular weight excluding hydrogens is 505 g/mol. The Bertz CT molecular complexity index is 1120. The van der Waals surface area contributed by atoms with Gasteiger partial charge in [0.25, 0.3) is 0 Å². The van der Waals surface area contributed by atoms with Crippen LogP contribution < -0.4 is 23.3 Å². The van der Waals surface area contributed by atoms with E-state index in [2.05, 4.69) is 0 Å². The van der Waals surface area contributed by atoms with Crippen molar-refractivity contribution >= 4 is 25.5 Å². The first-order chi connectivity index (χ1) is 17.2. The highest BCUT2D eigenvalue weighted by Crippen LogP contribution is 2.51. The summed E-state index contributed by atoms with van der Waals surface area (Å²) in [4.78, 5) is 12.6. The Labute approximate surface area is 214 Å². The molecule has 0 amide bonds. The van der Waals surface area contributed by atoms with E-state index in [9.17, 15) is 14.5 Å². The third-order valence-corrected chi connectivity index (χ3v) is 7.98. The fraction of sp³-hybridized carbons (Fsp3) is 0.240. The van der Waals surface area contributed by atoms with Crippen molar-refractivity contribution in [1.82, 2.24) is 4.31 Å². The average Bonchev–Trinajstić information content (AvgIpc) is 2.89. The van der Waals surface area contributed by atoms with Gasteiger partial charge in [0.05, 0.1) is 21.3 Å². The molecule has 0 radical (unpaired) electrons. The molecule has 1 N–H and O–H groups in total. The van der Waals surface area contributed by atoms with Crippen LogP contribution >= 0.6 is 19.5 Å². The number of hydrogen-bond acceptors (Lipinski definition) is 9. The number of nitrogens with zero attached hydrogens (tertiary/aromatic N) is 1. The first kappa shape index (κ1) is 27.3. The van der Waals surface area contributed by atoms with Gasteiger partial charge in [0, 0.05) is 4.90 Å². The fourth-order valence-electron chi connectivity index (χ4n) is 2.97. The van der Waals surface area contributed by atoms with E-state index in [1.54, 1.807) is 79.9 Å². The van der Waals surface area contributed by atoms with Gasteiger partial charge in [-0.3, -0.25) is 4.79 Å². The van der Waals surface area contributed by atoms with Crippen molar-refractivity contribution in [3.8, 4) is 28.7 Å². The maximum atomic E-state index is 14.1. The van der Waals surface area contributed by atoms with Crippen LogP contribution in [-0.4, -0.2) is 49.0 Å². The molecule has 9 nitrogen and oxygen atoms in total. The van der Waals surface area contributed by atoms with Crippen molar-refractivity contribution in [1.29, 1.82) is 0 Å². The largest absolute Gasteiger partial charge is 0.497 e. The van der Waals surface area contributed by atoms with Crippen molar-refractivity contribution in [2.45, 2.75) is 17.9 Å². The van der Waals surface area contributed by atoms with E-state index >= 15 is 0 Å². The minimum Gasteiger partial charge on any atom is -0.497 e. The Hall–Kier alpha value is -3.33. The maximum Gasteiger partial charge on any atom is 0.445 e. The van der Waals surface area contributed by atoms with Crippen LogP contribution in [0.4, 0.5) is 0 Å². The standard InChI is InChI=1S/C25H28NO8PS/c1-18(25(27)28)26(36-24-15-13-21(32-4)14-16-24)17-35(29,33-22-9-5-19(30-2)6-10-22)34-23-11-7-20(31-3)8-12-23/h5-16,18H,17H2,1-4H3,(H,27,28). The molecule has 36 heavy (non-hydrogen) atoms. The number of rotatable bonds is 13. The molecule has 3 aromatic carbocycles. The number of methoxy groups -OCH3 is 3. The van der Waals surface area contributed by atoms with Gasteiger partial charge in [0.1, 0.15) is 41.1 Å². The Morgan fingerprint density at radius 2 is 1.14 bits per heavy atom. The Morgan fingerprint density at radius 1 is 0.778 bits per heavy atom. The molecular formula is C25H28NO8PS. The number of ether oxygens (including phenoxy) is 3. The minimum absolute atomic E-state index is 0.282. The lowest BCUT2D eigenvalue weighted by Crippen LogP contribution is -2.35. The molecule has 0 bridgehead atoms. The van der Waals surface area contributed by atoms with E-state index < -0.39 is 19.6 Å². The first-order valence-electron chi connectivity index (χ1n) is 10.8. The summed E-state index contributed by atoms with van der Waals surface area (Å²) in [5.74, 6) is 1.34. The first-order valence-corrected chi connectivity index (χ1v) is 13.3. The quantitative estimate of drug-likeness (QED) is 0.214. The molecule has 0 aromatic heterocycles. The second kappa shape index (κ2) is 12.6. The number of carboxylic acid groups (broad SMARTS) is 1. The van der Waals surface area contributed by atoms with Crippen molar-refractivity contribution in [2.75, 3.05) is 27.6 Å². The highest BCUT2D eigenvalue weighted by Gasteiger charge is 2.36. The van der Waals surface area contributed by atoms with Crippen LogP contribution in [-0.2, 0) is 9.36 Å². The van der Waals surface area contributed by atoms with Crippen LogP contribution in [0, 0.1) is 0 Å². The molecule has 0 saturated carbocycles. The zero-order chi connectivity index (χ0) is 26.1. The summed E-state index contributed by atoms with van der Waals surface area (Å²) in [6.45, 7) is 1.50. The lowest BCUT2D eigenvalue weighted by Gasteiger charge is -2.29. The SMILES string of the molecule is COc1ccc(OP(=O)(CN(Sc2ccc(OC)cc2)C(C)C(=O)O)Oc2ccc(OC)cc2)cc1. The molecule has 192 valence electrons. The monoisotopic (exact) mass is 533 g/mol. The molecule has 0 heterocycles. The van der Waals surface area contributed by atoms with Gasteiger partial charge in [0.15, 0.2) is 0 Å². The van der Waals surface area contributed by atoms with E-state index in [1.807, 2.05) is 0 Å². The Balaban J connectivity index is 1.92. The zero-order valence-electron chi connectivity index (χ0n) is 20.3. The van der Waals surface area contributed by atoms with Crippen LogP contribution in [0.3, 0.4) is 0 Å². The average molecular weight is 534 g/mol. The van der Waals surface area contributed by atoms with Crippen LogP contribution in [0.25, 0.3) is 0 Å². The molecule has 0 aliphatic carbocycles. The summed E-state index contributed by atoms with van der Waals surface area (Å²) >= 11 is 1.13. The molecule has 1 atom stereocenters. The van der Waals surface area contributed by atoms with Crippen LogP contribution in [0.5, 0.6) is 28.7 Å². The smallest absolute Gasteiger partial charge is 0.445 e. The van der Waals surface area contributed by atoms with E-state index in [4.69, 9.17) is 23.3 Å². The van der Waals surface area contributed by atoms with Crippen LogP contribution in [0.2, 0.25) is 0 Å². The molecule has 0 saturated heterocycles. The van der Waals surface area contributed by atoms with Gasteiger partial charge in [-0.15, -0.1) is 0 Å². The predicted octanol–water partition coefficient (Wildman–Crippen LogP) is 5.80. The summed E-state index contributed by atoms with van der Waals surface area (Å²) in [5, 5.41) is 9.73. The van der Waals surface area contributed by atoms with Gasteiger partial charge in [0.2, 0.25) is 0 Å². The summed E-state index contributed by atoms with van der Waals surface area (Å²) in [7, 11) is 0.657. The topological polar surface area (TPSA) is 104 Å². The number of carbonyl (C=O) groups is 1. The van der Waals surface area contributed by atoms with E-state index in [0.717, 1.165) is 16.8 Å². The second-order valence-corrected chi connectivity index (χ2v) is 10.5. The summed E-state index contributed by atoms with van der Waals surface area (Å²) in [6.07, 6.45) is -0.324. The van der Waals surface area contributed by atoms with Crippen molar-refractivity contribution in [3.63, 3.8) is 0 Å². The number of aliphatic carboxylic acids is 1. The van der Waals surface area contributed by atoms with Crippen LogP contribution in [0.1, 0.15) is 6.92 Å². The molecule has 0 fully saturated rings. The van der Waals surface area contributed by atoms with Crippen molar-refractivity contribution in [2.24, 2.45) is 0 Å². The molecule has 0 spiro atoms. The molecule has 3 aromatic rings. The lowest BCUT2D eigenvalue weighted by molar-refractivity contribution is -0.140. The maximum absolute atomic E-state index is 14.1. The van der Waals surface area contributed by atoms with Crippen molar-refractivity contribution in [3.05, 3.63) is 72.8 Å². The molecule has 1 unspecified atom stereocenters. The normalized spacial score (nSPS) is 12.0. The van der Waals surface area contributed by atoms with Gasteiger partial charge < -0.3 is 28.4 Å². The Kier molecular flexibility index (Phi) is 9.52. The summed E-state index contributed by atoms with van der Waals surface area (Å²) in [5.41, 5.74) is 0. The zero-order valence-corrected chi connectivity index (χ0v) is 22.0. The summed E-state index contributed by atoms with van der Waals surface area (Å²) in [6, 6.07) is 19.1. The highest BCUT2D eigenvalue weighted by atomic mass is 32.2. The number of hydrogen-bond donors (Lipinski definition) is 1. The van der Waals surface area contributed by atoms with Gasteiger partial charge >= 0.3 is 13.6 Å².